The molecule has 4 rings (SSSR count). The molecule has 4 heteroatoms. The second-order valence-corrected chi connectivity index (χ2v) is 8.34. The summed E-state index contributed by atoms with van der Waals surface area (Å²) in [5.41, 5.74) is 6.17. The summed E-state index contributed by atoms with van der Waals surface area (Å²) in [4.78, 5) is 5.83. The minimum Gasteiger partial charge on any atom is -0.361 e. The van der Waals surface area contributed by atoms with Gasteiger partial charge >= 0.3 is 0 Å². The molecule has 1 fully saturated rings. The molecule has 0 bridgehead atoms. The Hall–Kier alpha value is -2.33. The summed E-state index contributed by atoms with van der Waals surface area (Å²) in [5, 5.41) is 5.68. The van der Waals surface area contributed by atoms with E-state index >= 15 is 0 Å². The lowest BCUT2D eigenvalue weighted by molar-refractivity contribution is 0.241. The van der Waals surface area contributed by atoms with Crippen molar-refractivity contribution in [2.45, 2.75) is 58.5 Å². The molecular weight excluding hydrogens is 362 g/mol. The van der Waals surface area contributed by atoms with Crippen molar-refractivity contribution in [3.8, 4) is 0 Å². The summed E-state index contributed by atoms with van der Waals surface area (Å²) in [6.45, 7) is 5.14. The number of hydrogen-bond donors (Lipinski definition) is 2. The van der Waals surface area contributed by atoms with Gasteiger partial charge in [-0.05, 0) is 67.7 Å². The lowest BCUT2D eigenvalue weighted by Crippen LogP contribution is -2.43. The summed E-state index contributed by atoms with van der Waals surface area (Å²) in [6.07, 6.45) is 8.51. The van der Waals surface area contributed by atoms with Crippen molar-refractivity contribution in [3.63, 3.8) is 0 Å². The molecule has 1 heterocycles. The van der Waals surface area contributed by atoms with Gasteiger partial charge in [-0.15, -0.1) is 0 Å². The van der Waals surface area contributed by atoms with E-state index in [1.807, 2.05) is 0 Å². The van der Waals surface area contributed by atoms with E-state index in [2.05, 4.69) is 77.7 Å². The van der Waals surface area contributed by atoms with Crippen molar-refractivity contribution in [2.75, 3.05) is 5.32 Å². The van der Waals surface area contributed by atoms with Crippen LogP contribution in [-0.4, -0.2) is 21.0 Å². The van der Waals surface area contributed by atoms with Crippen molar-refractivity contribution in [1.82, 2.24) is 9.88 Å². The van der Waals surface area contributed by atoms with Crippen LogP contribution in [0, 0.1) is 13.8 Å². The van der Waals surface area contributed by atoms with E-state index in [1.54, 1.807) is 0 Å². The molecule has 0 saturated heterocycles. The first-order valence-corrected chi connectivity index (χ1v) is 10.7. The van der Waals surface area contributed by atoms with Gasteiger partial charge in [0.25, 0.3) is 0 Å². The minimum atomic E-state index is 0.507. The Morgan fingerprint density at radius 1 is 1.07 bits per heavy atom. The Labute approximate surface area is 173 Å². The van der Waals surface area contributed by atoms with Gasteiger partial charge in [-0.25, -0.2) is 0 Å². The average Bonchev–Trinajstić information content (AvgIpc) is 3.13. The molecule has 3 aromatic rings. The number of nitrogens with one attached hydrogen (secondary N) is 2. The molecule has 0 amide bonds. The second-order valence-electron chi connectivity index (χ2n) is 7.96. The number of aromatic amines is 1. The third-order valence-electron chi connectivity index (χ3n) is 6.14. The first-order valence-electron chi connectivity index (χ1n) is 10.3. The Bertz CT molecular complexity index is 969. The molecule has 1 aliphatic carbocycles. The summed E-state index contributed by atoms with van der Waals surface area (Å²) < 4.78 is 0. The monoisotopic (exact) mass is 391 g/mol. The molecular formula is C24H29N3S. The number of nitrogens with zero attached hydrogens (tertiary/aromatic N) is 1. The zero-order valence-corrected chi connectivity index (χ0v) is 17.6. The molecule has 0 atom stereocenters. The van der Waals surface area contributed by atoms with E-state index in [0.29, 0.717) is 6.04 Å². The van der Waals surface area contributed by atoms with Gasteiger partial charge in [0.15, 0.2) is 5.11 Å². The molecule has 0 unspecified atom stereocenters. The molecule has 1 aliphatic rings. The molecule has 28 heavy (non-hydrogen) atoms. The van der Waals surface area contributed by atoms with Crippen LogP contribution < -0.4 is 5.32 Å². The summed E-state index contributed by atoms with van der Waals surface area (Å²) >= 11 is 5.94. The lowest BCUT2D eigenvalue weighted by atomic mass is 9.94. The standard InChI is InChI=1S/C24H29N3S/c1-17-9-8-14-22(18(17)2)26-24(28)27(20-10-4-3-5-11-20)16-19-15-25-23-13-7-6-12-21(19)23/h6-9,12-15,20,25H,3-5,10-11,16H2,1-2H3,(H,26,28). The molecule has 1 saturated carbocycles. The van der Waals surface area contributed by atoms with Gasteiger partial charge < -0.3 is 15.2 Å². The number of para-hydroxylation sites is 1. The number of anilines is 1. The first kappa shape index (κ1) is 19.0. The fourth-order valence-corrected chi connectivity index (χ4v) is 4.60. The predicted octanol–water partition coefficient (Wildman–Crippen LogP) is 6.32. The molecule has 0 radical (unpaired) electrons. The highest BCUT2D eigenvalue weighted by molar-refractivity contribution is 7.80. The number of rotatable bonds is 4. The molecule has 0 aliphatic heterocycles. The van der Waals surface area contributed by atoms with E-state index in [-0.39, 0.29) is 0 Å². The summed E-state index contributed by atoms with van der Waals surface area (Å²) in [6, 6.07) is 15.4. The van der Waals surface area contributed by atoms with Gasteiger partial charge in [0, 0.05) is 35.4 Å². The Kier molecular flexibility index (Phi) is 5.67. The summed E-state index contributed by atoms with van der Waals surface area (Å²) in [7, 11) is 0. The Morgan fingerprint density at radius 2 is 1.86 bits per heavy atom. The third-order valence-corrected chi connectivity index (χ3v) is 6.47. The van der Waals surface area contributed by atoms with Crippen LogP contribution in [0.5, 0.6) is 0 Å². The van der Waals surface area contributed by atoms with Crippen molar-refractivity contribution >= 4 is 33.9 Å². The van der Waals surface area contributed by atoms with Gasteiger partial charge in [0.2, 0.25) is 0 Å². The van der Waals surface area contributed by atoms with Gasteiger partial charge in [-0.1, -0.05) is 49.6 Å². The van der Waals surface area contributed by atoms with Crippen molar-refractivity contribution in [1.29, 1.82) is 0 Å². The average molecular weight is 392 g/mol. The van der Waals surface area contributed by atoms with Crippen molar-refractivity contribution in [2.24, 2.45) is 0 Å². The van der Waals surface area contributed by atoms with Crippen molar-refractivity contribution < 1.29 is 0 Å². The molecule has 3 nitrogen and oxygen atoms in total. The number of thiocarbonyl (C=S) groups is 1. The molecule has 2 N–H and O–H groups in total. The van der Waals surface area contributed by atoms with Crippen LogP contribution in [0.25, 0.3) is 10.9 Å². The zero-order valence-electron chi connectivity index (χ0n) is 16.8. The van der Waals surface area contributed by atoms with Crippen LogP contribution in [0.3, 0.4) is 0 Å². The van der Waals surface area contributed by atoms with E-state index in [0.717, 1.165) is 17.3 Å². The van der Waals surface area contributed by atoms with Crippen LogP contribution in [0.15, 0.2) is 48.7 Å². The normalized spacial score (nSPS) is 14.9. The number of aryl methyl sites for hydroxylation is 1. The van der Waals surface area contributed by atoms with Crippen LogP contribution in [-0.2, 0) is 6.54 Å². The Morgan fingerprint density at radius 3 is 2.68 bits per heavy atom. The summed E-state index contributed by atoms with van der Waals surface area (Å²) in [5.74, 6) is 0. The van der Waals surface area contributed by atoms with E-state index in [9.17, 15) is 0 Å². The lowest BCUT2D eigenvalue weighted by Gasteiger charge is -2.36. The van der Waals surface area contributed by atoms with Gasteiger partial charge in [0.05, 0.1) is 0 Å². The van der Waals surface area contributed by atoms with Gasteiger partial charge in [-0.3, -0.25) is 0 Å². The van der Waals surface area contributed by atoms with Crippen LogP contribution >= 0.6 is 12.2 Å². The van der Waals surface area contributed by atoms with Gasteiger partial charge in [-0.2, -0.15) is 0 Å². The first-order chi connectivity index (χ1) is 13.6. The zero-order chi connectivity index (χ0) is 19.5. The van der Waals surface area contributed by atoms with Crippen LogP contribution in [0.2, 0.25) is 0 Å². The number of hydrogen-bond acceptors (Lipinski definition) is 1. The number of benzene rings is 2. The largest absolute Gasteiger partial charge is 0.361 e. The highest BCUT2D eigenvalue weighted by Gasteiger charge is 2.24. The minimum absolute atomic E-state index is 0.507. The van der Waals surface area contributed by atoms with E-state index < -0.39 is 0 Å². The molecule has 0 spiro atoms. The van der Waals surface area contributed by atoms with Crippen LogP contribution in [0.1, 0.15) is 48.8 Å². The number of aromatic nitrogens is 1. The highest BCUT2D eigenvalue weighted by Crippen LogP contribution is 2.28. The fourth-order valence-electron chi connectivity index (χ4n) is 4.28. The van der Waals surface area contributed by atoms with Crippen molar-refractivity contribution in [3.05, 3.63) is 65.4 Å². The molecule has 146 valence electrons. The smallest absolute Gasteiger partial charge is 0.173 e. The van der Waals surface area contributed by atoms with Gasteiger partial charge in [0.1, 0.15) is 0 Å². The third kappa shape index (κ3) is 3.93. The SMILES string of the molecule is Cc1cccc(NC(=S)N(Cc2c[nH]c3ccccc23)C2CCCCC2)c1C. The maximum Gasteiger partial charge on any atom is 0.173 e. The highest BCUT2D eigenvalue weighted by atomic mass is 32.1. The molecule has 1 aromatic heterocycles. The second kappa shape index (κ2) is 8.36. The van der Waals surface area contributed by atoms with E-state index in [1.165, 1.54) is 59.7 Å². The van der Waals surface area contributed by atoms with E-state index in [4.69, 9.17) is 12.2 Å². The number of H-pyrrole nitrogens is 1. The quantitative estimate of drug-likeness (QED) is 0.511. The molecule has 2 aromatic carbocycles. The predicted molar refractivity (Wildman–Crippen MR) is 123 cm³/mol. The number of fused-ring (bicyclic) bond motifs is 1. The maximum absolute atomic E-state index is 5.94. The topological polar surface area (TPSA) is 31.1 Å². The fraction of sp³-hybridized carbons (Fsp3) is 0.375. The Balaban J connectivity index is 1.61. The maximum atomic E-state index is 5.94. The van der Waals surface area contributed by atoms with Crippen LogP contribution in [0.4, 0.5) is 5.69 Å².